The van der Waals surface area contributed by atoms with Crippen molar-refractivity contribution in [3.05, 3.63) is 12.2 Å². The third kappa shape index (κ3) is 7.03. The fraction of sp³-hybridized carbons (Fsp3) is 0.655. The number of ether oxygens (including phenoxy) is 5. The molecule has 47 heavy (non-hydrogen) atoms. The monoisotopic (exact) mass is 718 g/mol. The Labute approximate surface area is 283 Å². The predicted molar refractivity (Wildman–Crippen MR) is 164 cm³/mol. The molecule has 2 N–H and O–H groups in total. The molecule has 8 aliphatic heterocycles. The Morgan fingerprint density at radius 3 is 1.68 bits per heavy atom. The van der Waals surface area contributed by atoms with E-state index < -0.39 is 71.7 Å². The summed E-state index contributed by atoms with van der Waals surface area (Å²) in [7, 11) is 0. The number of aliphatic carboxylic acids is 2. The molecule has 0 amide bonds. The van der Waals surface area contributed by atoms with Crippen molar-refractivity contribution in [2.24, 2.45) is 35.5 Å². The number of thiol groups is 2. The fourth-order valence-corrected chi connectivity index (χ4v) is 8.80. The van der Waals surface area contributed by atoms with E-state index in [1.165, 1.54) is 25.6 Å². The van der Waals surface area contributed by atoms with Crippen molar-refractivity contribution in [1.29, 1.82) is 0 Å². The van der Waals surface area contributed by atoms with Crippen molar-refractivity contribution >= 4 is 83.1 Å². The molecule has 18 heteroatoms. The molecule has 0 spiro atoms. The largest absolute Gasteiger partial charge is 0.481 e. The second-order valence-corrected chi connectivity index (χ2v) is 14.5. The third-order valence-electron chi connectivity index (χ3n) is 8.91. The maximum absolute atomic E-state index is 11.5. The van der Waals surface area contributed by atoms with Crippen molar-refractivity contribution in [2.45, 2.75) is 81.2 Å². The first-order valence-corrected chi connectivity index (χ1v) is 16.1. The van der Waals surface area contributed by atoms with Crippen LogP contribution in [-0.2, 0) is 62.0 Å². The van der Waals surface area contributed by atoms with Gasteiger partial charge in [-0.2, -0.15) is 12.6 Å². The molecule has 0 aromatic heterocycles. The average molecular weight is 719 g/mol. The van der Waals surface area contributed by atoms with Crippen LogP contribution in [-0.4, -0.2) is 103 Å². The third-order valence-corrected chi connectivity index (χ3v) is 10.5. The highest BCUT2D eigenvalue weighted by molar-refractivity contribution is 8.14. The fourth-order valence-electron chi connectivity index (χ4n) is 7.26. The average Bonchev–Trinajstić information content (AvgIpc) is 3.79. The number of esters is 4. The molecule has 0 aromatic carbocycles. The lowest BCUT2D eigenvalue weighted by molar-refractivity contribution is -0.158. The van der Waals surface area contributed by atoms with E-state index in [9.17, 15) is 38.4 Å². The minimum atomic E-state index is -1.11. The SMILES string of the molecule is C.CC(=O)S.CC(=O)SC1CC2OC1C1C(=O)OC(=O)C21.O=C(O)C1C2CC(S)C(O2)C1C(=O)O.O=C1OC(=O)C2C3C=CC(O3)C12. The van der Waals surface area contributed by atoms with Crippen LogP contribution >= 0.6 is 37.0 Å². The molecule has 14 unspecified atom stereocenters. The van der Waals surface area contributed by atoms with E-state index in [4.69, 9.17) is 24.4 Å². The zero-order valence-electron chi connectivity index (χ0n) is 24.2. The summed E-state index contributed by atoms with van der Waals surface area (Å²) in [6, 6.07) is 0. The molecule has 8 aliphatic rings. The van der Waals surface area contributed by atoms with Gasteiger partial charge in [0, 0.05) is 24.3 Å². The van der Waals surface area contributed by atoms with Gasteiger partial charge in [-0.1, -0.05) is 31.3 Å². The van der Waals surface area contributed by atoms with Crippen molar-refractivity contribution in [1.82, 2.24) is 0 Å². The molecular weight excluding hydrogens is 685 g/mol. The molecule has 0 aromatic rings. The van der Waals surface area contributed by atoms with Crippen LogP contribution in [0, 0.1) is 35.5 Å². The Balaban J connectivity index is 0.000000150. The minimum Gasteiger partial charge on any atom is -0.481 e. The molecule has 0 saturated carbocycles. The van der Waals surface area contributed by atoms with Gasteiger partial charge in [0.05, 0.1) is 54.4 Å². The molecule has 15 nitrogen and oxygen atoms in total. The van der Waals surface area contributed by atoms with E-state index in [-0.39, 0.29) is 64.4 Å². The molecule has 6 bridgehead atoms. The number of carbonyl (C=O) groups is 8. The van der Waals surface area contributed by atoms with Crippen molar-refractivity contribution in [3.8, 4) is 0 Å². The molecule has 258 valence electrons. The van der Waals surface area contributed by atoms with E-state index in [0.29, 0.717) is 12.8 Å². The lowest BCUT2D eigenvalue weighted by Crippen LogP contribution is -2.42. The van der Waals surface area contributed by atoms with Crippen LogP contribution in [0.5, 0.6) is 0 Å². The van der Waals surface area contributed by atoms with Gasteiger partial charge < -0.3 is 33.9 Å². The summed E-state index contributed by atoms with van der Waals surface area (Å²) < 4.78 is 25.4. The number of carboxylic acid groups (broad SMARTS) is 2. The highest BCUT2D eigenvalue weighted by Gasteiger charge is 2.65. The molecule has 14 atom stereocenters. The number of rotatable bonds is 3. The smallest absolute Gasteiger partial charge is 0.320 e. The normalized spacial score (nSPS) is 41.6. The van der Waals surface area contributed by atoms with Gasteiger partial charge in [0.1, 0.15) is 17.8 Å². The molecule has 0 radical (unpaired) electrons. The Hall–Kier alpha value is -2.77. The van der Waals surface area contributed by atoms with Crippen LogP contribution in [0.2, 0.25) is 0 Å². The first-order chi connectivity index (χ1) is 21.6. The lowest BCUT2D eigenvalue weighted by Gasteiger charge is -2.24. The Morgan fingerprint density at radius 1 is 0.723 bits per heavy atom. The predicted octanol–water partition coefficient (Wildman–Crippen LogP) is 0.717. The summed E-state index contributed by atoms with van der Waals surface area (Å²) >= 11 is 8.70. The van der Waals surface area contributed by atoms with E-state index >= 15 is 0 Å². The standard InChI is InChI=1S/C10H10O5S.C8H10O5S.C8H6O4.C2H4OS.CH4/c1-3(11)16-5-2-4-6-7(8(5)14-4)10(13)15-9(6)12;9-7(10)4-2-1-3(14)6(13-2)5(4)8(11)12;9-7-5-3-1-2-4(11-3)6(5)8(10)12-7;1-2(3)4;/h4-8H,2H2,1H3;2-6,14H,1H2,(H,9,10)(H,11,12);1-6H;1H3,(H,3,4);1H4. The molecule has 0 aliphatic carbocycles. The van der Waals surface area contributed by atoms with Crippen LogP contribution < -0.4 is 0 Å². The second kappa shape index (κ2) is 14.4. The van der Waals surface area contributed by atoms with Gasteiger partial charge in [0.15, 0.2) is 10.2 Å². The van der Waals surface area contributed by atoms with Gasteiger partial charge in [-0.25, -0.2) is 0 Å². The maximum atomic E-state index is 11.5. The van der Waals surface area contributed by atoms with Crippen LogP contribution in [0.4, 0.5) is 0 Å². The van der Waals surface area contributed by atoms with Gasteiger partial charge in [0.25, 0.3) is 0 Å². The van der Waals surface area contributed by atoms with Crippen LogP contribution in [0.3, 0.4) is 0 Å². The van der Waals surface area contributed by atoms with Gasteiger partial charge in [0.2, 0.25) is 0 Å². The second-order valence-electron chi connectivity index (χ2n) is 11.7. The zero-order chi connectivity index (χ0) is 33.8. The van der Waals surface area contributed by atoms with Gasteiger partial charge in [-0.3, -0.25) is 38.4 Å². The summed E-state index contributed by atoms with van der Waals surface area (Å²) in [5, 5.41) is 17.5. The number of cyclic esters (lactones) is 4. The Kier molecular flexibility index (Phi) is 11.3. The number of carboxylic acids is 2. The molecule has 7 fully saturated rings. The number of hydrogen-bond donors (Lipinski definition) is 4. The van der Waals surface area contributed by atoms with E-state index in [1.807, 2.05) is 12.2 Å². The lowest BCUT2D eigenvalue weighted by atomic mass is 9.79. The number of fused-ring (bicyclic) bond motifs is 12. The first kappa shape index (κ1) is 37.1. The number of hydrogen-bond acceptors (Lipinski definition) is 15. The molecular formula is C29H34O15S3. The summed E-state index contributed by atoms with van der Waals surface area (Å²) in [5.74, 6) is -7.53. The topological polar surface area (TPSA) is 223 Å². The van der Waals surface area contributed by atoms with E-state index in [2.05, 4.69) is 34.7 Å². The quantitative estimate of drug-likeness (QED) is 0.137. The molecule has 8 rings (SSSR count). The highest BCUT2D eigenvalue weighted by atomic mass is 32.2. The van der Waals surface area contributed by atoms with Gasteiger partial charge >= 0.3 is 35.8 Å². The van der Waals surface area contributed by atoms with Crippen molar-refractivity contribution in [3.63, 3.8) is 0 Å². The summed E-state index contributed by atoms with van der Waals surface area (Å²) in [5.41, 5.74) is 0. The Morgan fingerprint density at radius 2 is 1.19 bits per heavy atom. The molecule has 7 saturated heterocycles. The molecule has 8 heterocycles. The van der Waals surface area contributed by atoms with Crippen molar-refractivity contribution in [2.75, 3.05) is 0 Å². The van der Waals surface area contributed by atoms with Crippen molar-refractivity contribution < 1.29 is 72.3 Å². The summed E-state index contributed by atoms with van der Waals surface area (Å²) in [6.45, 7) is 2.88. The van der Waals surface area contributed by atoms with Crippen LogP contribution in [0.25, 0.3) is 0 Å². The number of carbonyl (C=O) groups excluding carboxylic acids is 6. The highest BCUT2D eigenvalue weighted by Crippen LogP contribution is 2.51. The zero-order valence-corrected chi connectivity index (χ0v) is 26.8. The number of thioether (sulfide) groups is 1. The van der Waals surface area contributed by atoms with Crippen LogP contribution in [0.1, 0.15) is 34.1 Å². The van der Waals surface area contributed by atoms with Gasteiger partial charge in [-0.05, 0) is 12.8 Å². The van der Waals surface area contributed by atoms with Crippen LogP contribution in [0.15, 0.2) is 12.2 Å². The first-order valence-electron chi connectivity index (χ1n) is 14.3. The Bertz CT molecular complexity index is 1370. The van der Waals surface area contributed by atoms with Gasteiger partial charge in [-0.15, -0.1) is 12.6 Å². The summed E-state index contributed by atoms with van der Waals surface area (Å²) in [4.78, 5) is 87.1. The summed E-state index contributed by atoms with van der Waals surface area (Å²) in [6.07, 6.45) is 2.76. The van der Waals surface area contributed by atoms with E-state index in [1.54, 1.807) is 0 Å². The minimum absolute atomic E-state index is 0. The van der Waals surface area contributed by atoms with E-state index in [0.717, 1.165) is 0 Å². The maximum Gasteiger partial charge on any atom is 0.320 e.